The highest BCUT2D eigenvalue weighted by atomic mass is 16.3. The third-order valence-electron chi connectivity index (χ3n) is 3.75. The molecular formula is C16H29N3O. The van der Waals surface area contributed by atoms with Crippen LogP contribution < -0.4 is 5.32 Å². The summed E-state index contributed by atoms with van der Waals surface area (Å²) >= 11 is 0. The molecule has 2 N–H and O–H groups in total. The Morgan fingerprint density at radius 3 is 2.60 bits per heavy atom. The van der Waals surface area contributed by atoms with Crippen molar-refractivity contribution < 1.29 is 5.11 Å². The zero-order chi connectivity index (χ0) is 14.8. The van der Waals surface area contributed by atoms with Crippen molar-refractivity contribution in [2.45, 2.75) is 38.6 Å². The van der Waals surface area contributed by atoms with Crippen LogP contribution in [0.5, 0.6) is 0 Å². The van der Waals surface area contributed by atoms with Gasteiger partial charge in [-0.2, -0.15) is 0 Å². The minimum absolute atomic E-state index is 0.138. The van der Waals surface area contributed by atoms with Crippen molar-refractivity contribution in [2.24, 2.45) is 0 Å². The van der Waals surface area contributed by atoms with Gasteiger partial charge in [-0.05, 0) is 64.0 Å². The van der Waals surface area contributed by atoms with Crippen molar-refractivity contribution in [1.29, 1.82) is 0 Å². The van der Waals surface area contributed by atoms with Gasteiger partial charge in [-0.1, -0.05) is 6.92 Å². The Bertz CT molecular complexity index is 358. The van der Waals surface area contributed by atoms with Gasteiger partial charge in [0.15, 0.2) is 0 Å². The van der Waals surface area contributed by atoms with Gasteiger partial charge in [0.2, 0.25) is 0 Å². The maximum absolute atomic E-state index is 9.45. The number of hydrogen-bond donors (Lipinski definition) is 2. The SMILES string of the molecule is CCNC(C)(CO)CCCN(C)CCc1ccncc1. The molecule has 4 heteroatoms. The average molecular weight is 279 g/mol. The summed E-state index contributed by atoms with van der Waals surface area (Å²) in [4.78, 5) is 6.38. The minimum Gasteiger partial charge on any atom is -0.394 e. The summed E-state index contributed by atoms with van der Waals surface area (Å²) in [6.07, 6.45) is 6.84. The van der Waals surface area contributed by atoms with Crippen LogP contribution in [0.4, 0.5) is 0 Å². The molecule has 1 aromatic rings. The van der Waals surface area contributed by atoms with E-state index in [1.807, 2.05) is 12.4 Å². The van der Waals surface area contributed by atoms with Crippen LogP contribution in [0.3, 0.4) is 0 Å². The molecule has 0 fully saturated rings. The number of likely N-dealkylation sites (N-methyl/N-ethyl adjacent to an activating group) is 2. The molecule has 1 unspecified atom stereocenters. The van der Waals surface area contributed by atoms with E-state index in [9.17, 15) is 5.11 Å². The van der Waals surface area contributed by atoms with E-state index in [1.54, 1.807) is 0 Å². The first-order valence-corrected chi connectivity index (χ1v) is 7.53. The van der Waals surface area contributed by atoms with Gasteiger partial charge in [-0.3, -0.25) is 4.98 Å². The second kappa shape index (κ2) is 9.06. The number of nitrogens with zero attached hydrogens (tertiary/aromatic N) is 2. The molecular weight excluding hydrogens is 250 g/mol. The Morgan fingerprint density at radius 2 is 2.00 bits per heavy atom. The first-order valence-electron chi connectivity index (χ1n) is 7.53. The van der Waals surface area contributed by atoms with E-state index in [0.717, 1.165) is 38.9 Å². The lowest BCUT2D eigenvalue weighted by atomic mass is 9.96. The molecule has 0 radical (unpaired) electrons. The first kappa shape index (κ1) is 17.1. The van der Waals surface area contributed by atoms with E-state index >= 15 is 0 Å². The molecule has 0 saturated heterocycles. The van der Waals surface area contributed by atoms with Crippen molar-refractivity contribution in [3.8, 4) is 0 Å². The monoisotopic (exact) mass is 279 g/mol. The second-order valence-corrected chi connectivity index (χ2v) is 5.76. The smallest absolute Gasteiger partial charge is 0.0610 e. The van der Waals surface area contributed by atoms with E-state index in [1.165, 1.54) is 5.56 Å². The lowest BCUT2D eigenvalue weighted by Gasteiger charge is -2.29. The standard InChI is InChI=1S/C16H29N3O/c1-4-18-16(2,14-20)9-5-12-19(3)13-8-15-6-10-17-11-7-15/h6-7,10-11,18,20H,4-5,8-9,12-14H2,1-3H3. The van der Waals surface area contributed by atoms with Crippen molar-refractivity contribution in [3.05, 3.63) is 30.1 Å². The molecule has 1 rings (SSSR count). The van der Waals surface area contributed by atoms with Gasteiger partial charge in [0.05, 0.1) is 6.61 Å². The molecule has 1 atom stereocenters. The first-order chi connectivity index (χ1) is 9.59. The van der Waals surface area contributed by atoms with E-state index < -0.39 is 0 Å². The number of nitrogens with one attached hydrogen (secondary N) is 1. The average Bonchev–Trinajstić information content (AvgIpc) is 2.46. The topological polar surface area (TPSA) is 48.4 Å². The van der Waals surface area contributed by atoms with E-state index in [4.69, 9.17) is 0 Å². The van der Waals surface area contributed by atoms with Crippen LogP contribution in [0.2, 0.25) is 0 Å². The molecule has 0 spiro atoms. The van der Waals surface area contributed by atoms with Gasteiger partial charge in [0, 0.05) is 24.5 Å². The predicted molar refractivity (Wildman–Crippen MR) is 83.8 cm³/mol. The Morgan fingerprint density at radius 1 is 1.30 bits per heavy atom. The fourth-order valence-electron chi connectivity index (χ4n) is 2.37. The molecule has 1 heterocycles. The van der Waals surface area contributed by atoms with Gasteiger partial charge in [0.1, 0.15) is 0 Å². The lowest BCUT2D eigenvalue weighted by Crippen LogP contribution is -2.46. The van der Waals surface area contributed by atoms with Crippen LogP contribution in [0.1, 0.15) is 32.3 Å². The Balaban J connectivity index is 2.21. The third-order valence-corrected chi connectivity index (χ3v) is 3.75. The maximum Gasteiger partial charge on any atom is 0.0610 e. The third kappa shape index (κ3) is 6.46. The molecule has 1 aromatic heterocycles. The summed E-state index contributed by atoms with van der Waals surface area (Å²) in [5, 5.41) is 12.8. The van der Waals surface area contributed by atoms with Crippen LogP contribution in [-0.4, -0.2) is 53.8 Å². The van der Waals surface area contributed by atoms with E-state index in [0.29, 0.717) is 0 Å². The number of aromatic nitrogens is 1. The number of aliphatic hydroxyl groups excluding tert-OH is 1. The summed E-state index contributed by atoms with van der Waals surface area (Å²) in [6, 6.07) is 4.14. The molecule has 0 aliphatic carbocycles. The Kier molecular flexibility index (Phi) is 7.73. The van der Waals surface area contributed by atoms with Gasteiger partial charge in [-0.25, -0.2) is 0 Å². The number of aliphatic hydroxyl groups is 1. The van der Waals surface area contributed by atoms with Crippen LogP contribution >= 0.6 is 0 Å². The zero-order valence-corrected chi connectivity index (χ0v) is 13.1. The fourth-order valence-corrected chi connectivity index (χ4v) is 2.37. The largest absolute Gasteiger partial charge is 0.394 e. The molecule has 0 amide bonds. The van der Waals surface area contributed by atoms with Gasteiger partial charge < -0.3 is 15.3 Å². The molecule has 20 heavy (non-hydrogen) atoms. The zero-order valence-electron chi connectivity index (χ0n) is 13.1. The summed E-state index contributed by atoms with van der Waals surface area (Å²) in [5.74, 6) is 0. The fraction of sp³-hybridized carbons (Fsp3) is 0.688. The van der Waals surface area contributed by atoms with Crippen molar-refractivity contribution in [2.75, 3.05) is 33.3 Å². The molecule has 114 valence electrons. The van der Waals surface area contributed by atoms with Gasteiger partial charge in [-0.15, -0.1) is 0 Å². The second-order valence-electron chi connectivity index (χ2n) is 5.76. The Hall–Kier alpha value is -0.970. The van der Waals surface area contributed by atoms with Crippen molar-refractivity contribution in [3.63, 3.8) is 0 Å². The molecule has 0 aromatic carbocycles. The lowest BCUT2D eigenvalue weighted by molar-refractivity contribution is 0.160. The van der Waals surface area contributed by atoms with E-state index in [-0.39, 0.29) is 12.1 Å². The quantitative estimate of drug-likeness (QED) is 0.684. The maximum atomic E-state index is 9.45. The number of hydrogen-bond acceptors (Lipinski definition) is 4. The summed E-state index contributed by atoms with van der Waals surface area (Å²) in [5.41, 5.74) is 1.19. The van der Waals surface area contributed by atoms with Crippen LogP contribution in [0, 0.1) is 0 Å². The summed E-state index contributed by atoms with van der Waals surface area (Å²) in [7, 11) is 2.16. The number of rotatable bonds is 10. The summed E-state index contributed by atoms with van der Waals surface area (Å²) < 4.78 is 0. The minimum atomic E-state index is -0.138. The highest BCUT2D eigenvalue weighted by molar-refractivity contribution is 5.09. The normalized spacial score (nSPS) is 14.4. The Labute approximate surface area is 123 Å². The van der Waals surface area contributed by atoms with Gasteiger partial charge >= 0.3 is 0 Å². The summed E-state index contributed by atoms with van der Waals surface area (Å²) in [6.45, 7) is 7.38. The van der Waals surface area contributed by atoms with Crippen LogP contribution in [0.25, 0.3) is 0 Å². The van der Waals surface area contributed by atoms with Crippen molar-refractivity contribution in [1.82, 2.24) is 15.2 Å². The number of pyridine rings is 1. The highest BCUT2D eigenvalue weighted by Crippen LogP contribution is 2.12. The van der Waals surface area contributed by atoms with Gasteiger partial charge in [0.25, 0.3) is 0 Å². The molecule has 0 aliphatic heterocycles. The predicted octanol–water partition coefficient (Wildman–Crippen LogP) is 1.70. The molecule has 0 bridgehead atoms. The highest BCUT2D eigenvalue weighted by Gasteiger charge is 2.21. The molecule has 4 nitrogen and oxygen atoms in total. The van der Waals surface area contributed by atoms with E-state index in [2.05, 4.69) is 48.2 Å². The van der Waals surface area contributed by atoms with Crippen LogP contribution in [-0.2, 0) is 6.42 Å². The molecule has 0 aliphatic rings. The van der Waals surface area contributed by atoms with Crippen LogP contribution in [0.15, 0.2) is 24.5 Å². The molecule has 0 saturated carbocycles. The van der Waals surface area contributed by atoms with Crippen molar-refractivity contribution >= 4 is 0 Å².